The van der Waals surface area contributed by atoms with E-state index >= 15 is 0 Å². The highest BCUT2D eigenvalue weighted by molar-refractivity contribution is 6.27. The maximum absolute atomic E-state index is 11.4. The number of aromatic nitrogens is 4. The van der Waals surface area contributed by atoms with Crippen molar-refractivity contribution in [3.05, 3.63) is 85.0 Å². The zero-order chi connectivity index (χ0) is 30.7. The SMILES string of the molecule is C=CCC(O)(Cn1cncc1C#N)C1(Cl)CC1.N#Cc1cncn1CC(O)(CC1CC(c2ccccc2)=NO1)C1(Cl)CC1. The van der Waals surface area contributed by atoms with Crippen LogP contribution in [-0.4, -0.2) is 62.1 Å². The van der Waals surface area contributed by atoms with Crippen molar-refractivity contribution in [1.82, 2.24) is 19.1 Å². The van der Waals surface area contributed by atoms with Crippen molar-refractivity contribution in [2.45, 2.75) is 85.1 Å². The normalized spacial score (nSPS) is 21.8. The lowest BCUT2D eigenvalue weighted by atomic mass is 9.88. The standard InChI is InChI=1S/C19H19ClN4O2.C12H14ClN3O/c20-18(6-7-18)19(25,12-24-13-22-11-15(24)10-21)9-16-8-17(23-26-16)14-4-2-1-3-5-14;1-2-3-12(17,11(13)4-5-11)8-16-9-15-7-10(16)6-14/h1-5,11,13,16,25H,6-9,12H2;2,7,9,17H,1,3-5,8H2. The van der Waals surface area contributed by atoms with Crippen LogP contribution in [0, 0.1) is 22.7 Å². The molecule has 2 saturated carbocycles. The van der Waals surface area contributed by atoms with Crippen molar-refractivity contribution in [2.24, 2.45) is 5.16 Å². The Bertz CT molecular complexity index is 1570. The molecule has 224 valence electrons. The van der Waals surface area contributed by atoms with Gasteiger partial charge in [0.1, 0.15) is 40.8 Å². The minimum Gasteiger partial charge on any atom is -0.392 e. The number of halogens is 2. The van der Waals surface area contributed by atoms with Gasteiger partial charge in [-0.2, -0.15) is 10.5 Å². The summed E-state index contributed by atoms with van der Waals surface area (Å²) in [6, 6.07) is 14.0. The van der Waals surface area contributed by atoms with Crippen LogP contribution in [0.15, 0.2) is 73.2 Å². The molecule has 1 aromatic carbocycles. The lowest BCUT2D eigenvalue weighted by Gasteiger charge is -2.35. The maximum Gasteiger partial charge on any atom is 0.139 e. The molecular formula is C31H33Cl2N7O3. The van der Waals surface area contributed by atoms with E-state index in [0.29, 0.717) is 30.7 Å². The molecule has 3 aliphatic rings. The number of imidazole rings is 2. The monoisotopic (exact) mass is 621 g/mol. The van der Waals surface area contributed by atoms with Crippen LogP contribution in [0.4, 0.5) is 0 Å². The van der Waals surface area contributed by atoms with E-state index in [0.717, 1.165) is 37.0 Å². The number of benzene rings is 1. The Hall–Kier alpha value is -3.67. The molecule has 2 N–H and O–H groups in total. The number of hydrogen-bond acceptors (Lipinski definition) is 8. The number of aliphatic hydroxyl groups is 2. The average molecular weight is 623 g/mol. The lowest BCUT2D eigenvalue weighted by molar-refractivity contribution is -0.0463. The summed E-state index contributed by atoms with van der Waals surface area (Å²) in [7, 11) is 0. The lowest BCUT2D eigenvalue weighted by Crippen LogP contribution is -2.47. The third-order valence-electron chi connectivity index (χ3n) is 8.45. The molecule has 0 bridgehead atoms. The number of nitrogens with zero attached hydrogens (tertiary/aromatic N) is 7. The van der Waals surface area contributed by atoms with Crippen LogP contribution in [0.25, 0.3) is 0 Å². The number of nitriles is 2. The first-order valence-electron chi connectivity index (χ1n) is 14.1. The molecule has 43 heavy (non-hydrogen) atoms. The predicted molar refractivity (Wildman–Crippen MR) is 161 cm³/mol. The Labute approximate surface area is 260 Å². The second kappa shape index (κ2) is 12.1. The van der Waals surface area contributed by atoms with E-state index in [1.165, 1.54) is 18.7 Å². The maximum atomic E-state index is 11.4. The molecule has 2 fully saturated rings. The van der Waals surface area contributed by atoms with Gasteiger partial charge in [-0.25, -0.2) is 9.97 Å². The molecular weight excluding hydrogens is 589 g/mol. The fourth-order valence-electron chi connectivity index (χ4n) is 5.53. The summed E-state index contributed by atoms with van der Waals surface area (Å²) in [6.45, 7) is 4.13. The molecule has 1 aliphatic heterocycles. The van der Waals surface area contributed by atoms with Crippen molar-refractivity contribution in [3.8, 4) is 12.1 Å². The molecule has 3 heterocycles. The molecule has 6 rings (SSSR count). The van der Waals surface area contributed by atoms with Crippen molar-refractivity contribution in [2.75, 3.05) is 0 Å². The molecule has 2 aliphatic carbocycles. The molecule has 10 nitrogen and oxygen atoms in total. The molecule has 0 spiro atoms. The Morgan fingerprint density at radius 2 is 1.49 bits per heavy atom. The van der Waals surface area contributed by atoms with Crippen molar-refractivity contribution in [1.29, 1.82) is 10.5 Å². The van der Waals surface area contributed by atoms with E-state index < -0.39 is 21.0 Å². The van der Waals surface area contributed by atoms with Gasteiger partial charge in [0.25, 0.3) is 0 Å². The minimum atomic E-state index is -1.20. The summed E-state index contributed by atoms with van der Waals surface area (Å²) in [5.74, 6) is 0. The van der Waals surface area contributed by atoms with Crippen molar-refractivity contribution < 1.29 is 15.1 Å². The molecule has 3 atom stereocenters. The highest BCUT2D eigenvalue weighted by Gasteiger charge is 2.59. The van der Waals surface area contributed by atoms with Crippen LogP contribution in [0.5, 0.6) is 0 Å². The van der Waals surface area contributed by atoms with E-state index in [2.05, 4.69) is 27.8 Å². The summed E-state index contributed by atoms with van der Waals surface area (Å²) in [5.41, 5.74) is 0.450. The van der Waals surface area contributed by atoms with Gasteiger partial charge >= 0.3 is 0 Å². The topological polar surface area (TPSA) is 145 Å². The van der Waals surface area contributed by atoms with Crippen LogP contribution in [0.1, 0.15) is 61.9 Å². The summed E-state index contributed by atoms with van der Waals surface area (Å²) in [4.78, 5) is 12.2. The van der Waals surface area contributed by atoms with Crippen molar-refractivity contribution >= 4 is 28.9 Å². The highest BCUT2D eigenvalue weighted by Crippen LogP contribution is 2.54. The largest absolute Gasteiger partial charge is 0.392 e. The third kappa shape index (κ3) is 6.48. The Balaban J connectivity index is 0.000000188. The average Bonchev–Trinajstić information content (AvgIpc) is 3.71. The number of hydrogen-bond donors (Lipinski definition) is 2. The Morgan fingerprint density at radius 3 is 2.00 bits per heavy atom. The predicted octanol–water partition coefficient (Wildman–Crippen LogP) is 4.67. The molecule has 3 unspecified atom stereocenters. The third-order valence-corrected chi connectivity index (χ3v) is 9.91. The van der Waals surface area contributed by atoms with Crippen LogP contribution < -0.4 is 0 Å². The summed E-state index contributed by atoms with van der Waals surface area (Å²) >= 11 is 13.0. The van der Waals surface area contributed by atoms with Gasteiger partial charge in [0.05, 0.1) is 53.6 Å². The Kier molecular flexibility index (Phi) is 8.69. The van der Waals surface area contributed by atoms with Gasteiger partial charge in [-0.1, -0.05) is 41.6 Å². The molecule has 3 aromatic rings. The quantitative estimate of drug-likeness (QED) is 0.233. The summed E-state index contributed by atoms with van der Waals surface area (Å²) in [6.07, 6.45) is 11.9. The van der Waals surface area contributed by atoms with Gasteiger partial charge in [-0.15, -0.1) is 29.8 Å². The number of rotatable bonds is 11. The van der Waals surface area contributed by atoms with Gasteiger partial charge in [-0.05, 0) is 37.7 Å². The van der Waals surface area contributed by atoms with Gasteiger partial charge in [0.2, 0.25) is 0 Å². The smallest absolute Gasteiger partial charge is 0.139 e. The summed E-state index contributed by atoms with van der Waals surface area (Å²) < 4.78 is 3.28. The molecule has 0 saturated heterocycles. The first-order chi connectivity index (χ1) is 20.6. The molecule has 0 radical (unpaired) electrons. The van der Waals surface area contributed by atoms with E-state index in [4.69, 9.17) is 33.3 Å². The van der Waals surface area contributed by atoms with Crippen LogP contribution >= 0.6 is 23.2 Å². The van der Waals surface area contributed by atoms with E-state index in [1.54, 1.807) is 21.5 Å². The van der Waals surface area contributed by atoms with E-state index in [-0.39, 0.29) is 19.2 Å². The zero-order valence-corrected chi connectivity index (χ0v) is 25.1. The first kappa shape index (κ1) is 30.8. The molecule has 2 aromatic heterocycles. The van der Waals surface area contributed by atoms with Crippen molar-refractivity contribution in [3.63, 3.8) is 0 Å². The van der Waals surface area contributed by atoms with Gasteiger partial charge in [0, 0.05) is 12.8 Å². The summed E-state index contributed by atoms with van der Waals surface area (Å²) in [5, 5.41) is 44.3. The van der Waals surface area contributed by atoms with Crippen LogP contribution in [-0.2, 0) is 17.9 Å². The minimum absolute atomic E-state index is 0.208. The van der Waals surface area contributed by atoms with Gasteiger partial charge in [-0.3, -0.25) is 0 Å². The first-order valence-corrected chi connectivity index (χ1v) is 14.9. The number of alkyl halides is 2. The number of oxime groups is 1. The molecule has 0 amide bonds. The molecule has 12 heteroatoms. The fourth-order valence-corrected chi connectivity index (χ4v) is 5.99. The van der Waals surface area contributed by atoms with Gasteiger partial charge in [0.15, 0.2) is 0 Å². The fraction of sp³-hybridized carbons (Fsp3) is 0.452. The zero-order valence-electron chi connectivity index (χ0n) is 23.6. The highest BCUT2D eigenvalue weighted by atomic mass is 35.5. The Morgan fingerprint density at radius 1 is 0.953 bits per heavy atom. The van der Waals surface area contributed by atoms with Crippen LogP contribution in [0.2, 0.25) is 0 Å². The van der Waals surface area contributed by atoms with E-state index in [9.17, 15) is 15.5 Å². The van der Waals surface area contributed by atoms with E-state index in [1.807, 2.05) is 36.4 Å². The second-order valence-electron chi connectivity index (χ2n) is 11.6. The second-order valence-corrected chi connectivity index (χ2v) is 13.0. The van der Waals surface area contributed by atoms with Gasteiger partial charge < -0.3 is 24.2 Å². The van der Waals surface area contributed by atoms with Crippen LogP contribution in [0.3, 0.4) is 0 Å².